The molecule has 0 aliphatic heterocycles. The summed E-state index contributed by atoms with van der Waals surface area (Å²) in [5, 5.41) is 9.48. The SMILES string of the molecule is COc1cc([C@@H](N)CCC(F)(F)F)cc(Cl)c1O. The number of methoxy groups -OCH3 is 1. The molecule has 0 aromatic heterocycles. The van der Waals surface area contributed by atoms with Crippen molar-refractivity contribution < 1.29 is 23.0 Å². The first-order valence-corrected chi connectivity index (χ1v) is 5.51. The molecule has 0 amide bonds. The van der Waals surface area contributed by atoms with E-state index < -0.39 is 18.6 Å². The average Bonchev–Trinajstić information content (AvgIpc) is 2.28. The van der Waals surface area contributed by atoms with E-state index in [9.17, 15) is 18.3 Å². The summed E-state index contributed by atoms with van der Waals surface area (Å²) in [4.78, 5) is 0. The fourth-order valence-corrected chi connectivity index (χ4v) is 1.67. The number of hydrogen-bond donors (Lipinski definition) is 2. The molecule has 1 aromatic carbocycles. The first-order chi connectivity index (χ1) is 8.24. The van der Waals surface area contributed by atoms with Gasteiger partial charge in [-0.25, -0.2) is 0 Å². The molecular formula is C11H13ClF3NO2. The maximum Gasteiger partial charge on any atom is 0.389 e. The largest absolute Gasteiger partial charge is 0.503 e. The van der Waals surface area contributed by atoms with Crippen LogP contribution in [0.1, 0.15) is 24.4 Å². The maximum absolute atomic E-state index is 12.1. The molecule has 1 rings (SSSR count). The van der Waals surface area contributed by atoms with Gasteiger partial charge in [0.05, 0.1) is 12.1 Å². The zero-order valence-electron chi connectivity index (χ0n) is 9.59. The van der Waals surface area contributed by atoms with Crippen LogP contribution in [0, 0.1) is 0 Å². The minimum absolute atomic E-state index is 0.00758. The number of benzene rings is 1. The summed E-state index contributed by atoms with van der Waals surface area (Å²) in [6.07, 6.45) is -5.48. The van der Waals surface area contributed by atoms with Crippen molar-refractivity contribution in [2.45, 2.75) is 25.1 Å². The van der Waals surface area contributed by atoms with Crippen LogP contribution in [0.2, 0.25) is 5.02 Å². The summed E-state index contributed by atoms with van der Waals surface area (Å²) in [6.45, 7) is 0. The van der Waals surface area contributed by atoms with Crippen LogP contribution >= 0.6 is 11.6 Å². The van der Waals surface area contributed by atoms with Gasteiger partial charge in [0.1, 0.15) is 0 Å². The standard InChI is InChI=1S/C11H13ClF3NO2/c1-18-9-5-6(4-7(12)10(9)17)8(16)2-3-11(13,14)15/h4-5,8,17H,2-3,16H2,1H3/t8-/m0/s1. The Kier molecular flexibility index (Phi) is 4.70. The van der Waals surface area contributed by atoms with Crippen LogP contribution in [0.3, 0.4) is 0 Å². The number of halogens is 4. The molecule has 3 N–H and O–H groups in total. The first-order valence-electron chi connectivity index (χ1n) is 5.13. The van der Waals surface area contributed by atoms with Crippen LogP contribution in [0.5, 0.6) is 11.5 Å². The second-order valence-electron chi connectivity index (χ2n) is 3.81. The zero-order chi connectivity index (χ0) is 13.9. The molecule has 3 nitrogen and oxygen atoms in total. The summed E-state index contributed by atoms with van der Waals surface area (Å²) in [7, 11) is 1.32. The number of nitrogens with two attached hydrogens (primary N) is 1. The third-order valence-electron chi connectivity index (χ3n) is 2.44. The molecule has 0 saturated heterocycles. The number of aromatic hydroxyl groups is 1. The van der Waals surface area contributed by atoms with Gasteiger partial charge < -0.3 is 15.6 Å². The third-order valence-corrected chi connectivity index (χ3v) is 2.73. The highest BCUT2D eigenvalue weighted by atomic mass is 35.5. The molecule has 102 valence electrons. The van der Waals surface area contributed by atoms with Crippen molar-refractivity contribution in [2.75, 3.05) is 7.11 Å². The molecule has 0 unspecified atom stereocenters. The van der Waals surface area contributed by atoms with Crippen molar-refractivity contribution in [1.29, 1.82) is 0 Å². The fraction of sp³-hybridized carbons (Fsp3) is 0.455. The molecule has 1 aromatic rings. The van der Waals surface area contributed by atoms with Gasteiger partial charge in [0, 0.05) is 12.5 Å². The molecule has 0 fully saturated rings. The maximum atomic E-state index is 12.1. The molecule has 0 aliphatic carbocycles. The lowest BCUT2D eigenvalue weighted by atomic mass is 10.0. The van der Waals surface area contributed by atoms with Crippen LogP contribution in [0.4, 0.5) is 13.2 Å². The first kappa shape index (κ1) is 14.9. The summed E-state index contributed by atoms with van der Waals surface area (Å²) >= 11 is 5.72. The molecule has 0 aliphatic rings. The van der Waals surface area contributed by atoms with Crippen molar-refractivity contribution in [3.05, 3.63) is 22.7 Å². The van der Waals surface area contributed by atoms with E-state index in [-0.39, 0.29) is 22.9 Å². The van der Waals surface area contributed by atoms with Crippen molar-refractivity contribution in [2.24, 2.45) is 5.73 Å². The van der Waals surface area contributed by atoms with Crippen molar-refractivity contribution in [1.82, 2.24) is 0 Å². The summed E-state index contributed by atoms with van der Waals surface area (Å²) in [5.74, 6) is -0.175. The van der Waals surface area contributed by atoms with Gasteiger partial charge in [-0.15, -0.1) is 0 Å². The summed E-state index contributed by atoms with van der Waals surface area (Å²) < 4.78 is 41.1. The number of hydrogen-bond acceptors (Lipinski definition) is 3. The van der Waals surface area contributed by atoms with E-state index >= 15 is 0 Å². The lowest BCUT2D eigenvalue weighted by Crippen LogP contribution is -2.15. The Hall–Kier alpha value is -1.14. The van der Waals surface area contributed by atoms with E-state index in [2.05, 4.69) is 0 Å². The minimum atomic E-state index is -4.25. The van der Waals surface area contributed by atoms with Gasteiger partial charge in [-0.2, -0.15) is 13.2 Å². The average molecular weight is 284 g/mol. The lowest BCUT2D eigenvalue weighted by Gasteiger charge is -2.15. The molecule has 7 heteroatoms. The van der Waals surface area contributed by atoms with E-state index in [0.717, 1.165) is 0 Å². The van der Waals surface area contributed by atoms with Gasteiger partial charge in [-0.05, 0) is 24.1 Å². The number of ether oxygens (including phenoxy) is 1. The Labute approximate surface area is 107 Å². The number of phenols is 1. The van der Waals surface area contributed by atoms with Gasteiger partial charge in [0.15, 0.2) is 11.5 Å². The Morgan fingerprint density at radius 1 is 1.44 bits per heavy atom. The molecule has 1 atom stereocenters. The predicted molar refractivity (Wildman–Crippen MR) is 61.9 cm³/mol. The smallest absolute Gasteiger partial charge is 0.389 e. The van der Waals surface area contributed by atoms with Gasteiger partial charge >= 0.3 is 6.18 Å². The van der Waals surface area contributed by atoms with Crippen LogP contribution in [0.15, 0.2) is 12.1 Å². The van der Waals surface area contributed by atoms with Gasteiger partial charge in [0.25, 0.3) is 0 Å². The van der Waals surface area contributed by atoms with E-state index in [0.29, 0.717) is 5.56 Å². The Bertz CT molecular complexity index is 423. The number of phenolic OH excluding ortho intramolecular Hbond substituents is 1. The lowest BCUT2D eigenvalue weighted by molar-refractivity contribution is -0.136. The fourth-order valence-electron chi connectivity index (χ4n) is 1.45. The highest BCUT2D eigenvalue weighted by Gasteiger charge is 2.28. The Morgan fingerprint density at radius 3 is 2.56 bits per heavy atom. The van der Waals surface area contributed by atoms with Crippen LogP contribution in [0.25, 0.3) is 0 Å². The van der Waals surface area contributed by atoms with Crippen LogP contribution in [-0.4, -0.2) is 18.4 Å². The van der Waals surface area contributed by atoms with E-state index in [1.807, 2.05) is 0 Å². The highest BCUT2D eigenvalue weighted by molar-refractivity contribution is 6.32. The quantitative estimate of drug-likeness (QED) is 0.890. The molecule has 0 spiro atoms. The van der Waals surface area contributed by atoms with E-state index in [1.165, 1.54) is 19.2 Å². The molecule has 18 heavy (non-hydrogen) atoms. The monoisotopic (exact) mass is 283 g/mol. The zero-order valence-corrected chi connectivity index (χ0v) is 10.3. The summed E-state index contributed by atoms with van der Waals surface area (Å²) in [6, 6.07) is 1.89. The van der Waals surface area contributed by atoms with Crippen molar-refractivity contribution in [3.63, 3.8) is 0 Å². The van der Waals surface area contributed by atoms with E-state index in [4.69, 9.17) is 22.1 Å². The molecular weight excluding hydrogens is 271 g/mol. The van der Waals surface area contributed by atoms with Crippen LogP contribution < -0.4 is 10.5 Å². The highest BCUT2D eigenvalue weighted by Crippen LogP contribution is 2.37. The summed E-state index contributed by atoms with van der Waals surface area (Å²) in [5.41, 5.74) is 6.04. The second kappa shape index (κ2) is 5.67. The van der Waals surface area contributed by atoms with E-state index in [1.54, 1.807) is 0 Å². The van der Waals surface area contributed by atoms with Gasteiger partial charge in [-0.1, -0.05) is 11.6 Å². The third kappa shape index (κ3) is 3.96. The Morgan fingerprint density at radius 2 is 2.06 bits per heavy atom. The molecule has 0 radical (unpaired) electrons. The Balaban J connectivity index is 2.86. The van der Waals surface area contributed by atoms with Gasteiger partial charge in [0.2, 0.25) is 0 Å². The number of alkyl halides is 3. The second-order valence-corrected chi connectivity index (χ2v) is 4.22. The van der Waals surface area contributed by atoms with Gasteiger partial charge in [-0.3, -0.25) is 0 Å². The molecule has 0 heterocycles. The normalized spacial score (nSPS) is 13.4. The van der Waals surface area contributed by atoms with Crippen molar-refractivity contribution in [3.8, 4) is 11.5 Å². The molecule has 0 bridgehead atoms. The topological polar surface area (TPSA) is 55.5 Å². The minimum Gasteiger partial charge on any atom is -0.503 e. The van der Waals surface area contributed by atoms with Crippen LogP contribution in [-0.2, 0) is 0 Å². The molecule has 0 saturated carbocycles. The number of rotatable bonds is 4. The van der Waals surface area contributed by atoms with Crippen molar-refractivity contribution >= 4 is 11.6 Å². The predicted octanol–water partition coefficient (Wildman–Crippen LogP) is 3.40.